The summed E-state index contributed by atoms with van der Waals surface area (Å²) < 4.78 is 75.3. The molecule has 3 aromatic rings. The van der Waals surface area contributed by atoms with Gasteiger partial charge in [-0.15, -0.1) is 10.2 Å². The molecule has 0 atom stereocenters. The normalized spacial score (nSPS) is 25.6. The average molecular weight is 596 g/mol. The monoisotopic (exact) mass is 595 g/mol. The van der Waals surface area contributed by atoms with E-state index < -0.39 is 42.3 Å². The van der Waals surface area contributed by atoms with E-state index in [1.54, 1.807) is 6.07 Å². The number of aliphatic hydroxyl groups is 1. The Labute approximate surface area is 237 Å². The minimum Gasteiger partial charge on any atom is -0.494 e. The summed E-state index contributed by atoms with van der Waals surface area (Å²) >= 11 is 6.31. The molecule has 3 fully saturated rings. The van der Waals surface area contributed by atoms with Gasteiger partial charge in [-0.25, -0.2) is 8.78 Å². The molecule has 0 amide bonds. The average Bonchev–Trinajstić information content (AvgIpc) is 3.15. The van der Waals surface area contributed by atoms with Crippen molar-refractivity contribution in [1.29, 1.82) is 0 Å². The summed E-state index contributed by atoms with van der Waals surface area (Å²) in [4.78, 5) is 3.79. The van der Waals surface area contributed by atoms with Gasteiger partial charge in [-0.1, -0.05) is 11.6 Å². The molecule has 13 heteroatoms. The summed E-state index contributed by atoms with van der Waals surface area (Å²) in [6, 6.07) is 7.24. The van der Waals surface area contributed by atoms with E-state index in [0.717, 1.165) is 36.0 Å². The van der Waals surface area contributed by atoms with E-state index in [9.17, 15) is 27.1 Å². The maximum atomic E-state index is 14.5. The molecule has 0 bridgehead atoms. The number of nitrogens with zero attached hydrogens (tertiary/aromatic N) is 5. The zero-order valence-electron chi connectivity index (χ0n) is 22.1. The molecule has 3 heterocycles. The Balaban J connectivity index is 1.10. The molecule has 1 spiro atoms. The predicted molar refractivity (Wildman–Crippen MR) is 139 cm³/mol. The lowest BCUT2D eigenvalue weighted by molar-refractivity contribution is -0.300. The topological polar surface area (TPSA) is 66.7 Å². The van der Waals surface area contributed by atoms with Crippen molar-refractivity contribution < 1.29 is 31.8 Å². The minimum atomic E-state index is -4.67. The summed E-state index contributed by atoms with van der Waals surface area (Å²) in [6.45, 7) is 1.91. The Morgan fingerprint density at radius 1 is 0.976 bits per heavy atom. The smallest absolute Gasteiger partial charge is 0.417 e. The summed E-state index contributed by atoms with van der Waals surface area (Å²) in [7, 11) is 1.34. The molecular weight excluding hydrogens is 569 g/mol. The Bertz CT molecular complexity index is 1520. The van der Waals surface area contributed by atoms with Gasteiger partial charge in [0.1, 0.15) is 11.6 Å². The van der Waals surface area contributed by atoms with Gasteiger partial charge in [0.25, 0.3) is 0 Å². The van der Waals surface area contributed by atoms with E-state index in [0.29, 0.717) is 36.2 Å². The van der Waals surface area contributed by atoms with E-state index in [1.165, 1.54) is 13.2 Å². The van der Waals surface area contributed by atoms with Gasteiger partial charge >= 0.3 is 6.18 Å². The number of hydrogen-bond acceptors (Lipinski definition) is 6. The molecule has 2 saturated carbocycles. The molecule has 2 aromatic carbocycles. The molecule has 0 radical (unpaired) electrons. The molecule has 1 N–H and O–H groups in total. The molecule has 2 aliphatic heterocycles. The molecule has 218 valence electrons. The van der Waals surface area contributed by atoms with Crippen LogP contribution in [0.4, 0.5) is 27.6 Å². The first-order valence-electron chi connectivity index (χ1n) is 13.4. The lowest BCUT2D eigenvalue weighted by Gasteiger charge is -2.59. The standard InChI is InChI=1S/C28H27ClF5N5O2/c1-41-23-6-22(19(30)5-20(23)31)38-13-26(14-38)7-16(8-26)25-36-35-24-12-37(18-9-27(40,10-18)28(32,33)34)11-15-4-17(29)2-3-21(15)39(24)25/h2-6,16,18,40H,7-14H2,1H3. The number of benzene rings is 2. The van der Waals surface area contributed by atoms with E-state index in [4.69, 9.17) is 16.3 Å². The Kier molecular flexibility index (Phi) is 5.92. The maximum Gasteiger partial charge on any atom is 0.417 e. The van der Waals surface area contributed by atoms with Crippen molar-refractivity contribution in [2.24, 2.45) is 5.41 Å². The van der Waals surface area contributed by atoms with Crippen LogP contribution >= 0.6 is 11.6 Å². The minimum absolute atomic E-state index is 0.00205. The molecule has 1 saturated heterocycles. The number of alkyl halides is 3. The van der Waals surface area contributed by atoms with Gasteiger partial charge in [0.15, 0.2) is 23.0 Å². The van der Waals surface area contributed by atoms with Crippen LogP contribution in [0.15, 0.2) is 30.3 Å². The van der Waals surface area contributed by atoms with Gasteiger partial charge in [-0.3, -0.25) is 9.47 Å². The lowest BCUT2D eigenvalue weighted by Crippen LogP contribution is -2.62. The molecule has 0 unspecified atom stereocenters. The summed E-state index contributed by atoms with van der Waals surface area (Å²) in [5, 5.41) is 19.5. The van der Waals surface area contributed by atoms with Crippen LogP contribution in [0, 0.1) is 17.0 Å². The van der Waals surface area contributed by atoms with Crippen LogP contribution < -0.4 is 9.64 Å². The summed E-state index contributed by atoms with van der Waals surface area (Å²) in [6.07, 6.45) is -3.83. The largest absolute Gasteiger partial charge is 0.494 e. The second-order valence-electron chi connectivity index (χ2n) is 12.0. The summed E-state index contributed by atoms with van der Waals surface area (Å²) in [5.41, 5.74) is -0.677. The van der Waals surface area contributed by atoms with Crippen molar-refractivity contribution >= 4 is 17.3 Å². The van der Waals surface area contributed by atoms with E-state index in [-0.39, 0.29) is 23.6 Å². The van der Waals surface area contributed by atoms with Gasteiger partial charge in [0.2, 0.25) is 0 Å². The SMILES string of the molecule is COc1cc(N2CC3(CC(c4nnc5n4-c4ccc(Cl)cc4CN(C4CC(O)(C(F)(F)F)C4)C5)C3)C2)c(F)cc1F. The van der Waals surface area contributed by atoms with Crippen molar-refractivity contribution in [1.82, 2.24) is 19.7 Å². The third-order valence-corrected chi connectivity index (χ3v) is 9.52. The molecule has 7 rings (SSSR count). The molecular formula is C28H27ClF5N5O2. The fourth-order valence-electron chi connectivity index (χ4n) is 7.06. The van der Waals surface area contributed by atoms with Crippen molar-refractivity contribution in [3.8, 4) is 11.4 Å². The first kappa shape index (κ1) is 26.9. The van der Waals surface area contributed by atoms with Crippen LogP contribution in [0.1, 0.15) is 48.8 Å². The van der Waals surface area contributed by atoms with Crippen LogP contribution in [-0.4, -0.2) is 62.8 Å². The Morgan fingerprint density at radius 2 is 1.71 bits per heavy atom. The number of rotatable bonds is 4. The second-order valence-corrected chi connectivity index (χ2v) is 12.4. The highest BCUT2D eigenvalue weighted by Crippen LogP contribution is 2.57. The summed E-state index contributed by atoms with van der Waals surface area (Å²) in [5.74, 6) is 0.132. The first-order chi connectivity index (χ1) is 19.4. The maximum absolute atomic E-state index is 14.5. The number of aromatic nitrogens is 3. The van der Waals surface area contributed by atoms with Gasteiger partial charge in [-0.2, -0.15) is 13.2 Å². The van der Waals surface area contributed by atoms with Crippen molar-refractivity contribution in [3.63, 3.8) is 0 Å². The Morgan fingerprint density at radius 3 is 2.39 bits per heavy atom. The van der Waals surface area contributed by atoms with Gasteiger partial charge in [0.05, 0.1) is 25.0 Å². The number of fused-ring (bicyclic) bond motifs is 3. The van der Waals surface area contributed by atoms with Crippen LogP contribution in [0.2, 0.25) is 5.02 Å². The van der Waals surface area contributed by atoms with Crippen molar-refractivity contribution in [2.45, 2.75) is 62.5 Å². The van der Waals surface area contributed by atoms with E-state index >= 15 is 0 Å². The van der Waals surface area contributed by atoms with Gasteiger partial charge < -0.3 is 14.7 Å². The quantitative estimate of drug-likeness (QED) is 0.410. The van der Waals surface area contributed by atoms with Crippen LogP contribution in [0.5, 0.6) is 5.75 Å². The van der Waals surface area contributed by atoms with E-state index in [1.807, 2.05) is 26.5 Å². The van der Waals surface area contributed by atoms with Crippen LogP contribution in [0.3, 0.4) is 0 Å². The van der Waals surface area contributed by atoms with Crippen molar-refractivity contribution in [3.05, 3.63) is 64.2 Å². The van der Waals surface area contributed by atoms with Crippen molar-refractivity contribution in [2.75, 3.05) is 25.1 Å². The predicted octanol–water partition coefficient (Wildman–Crippen LogP) is 5.36. The fourth-order valence-corrected chi connectivity index (χ4v) is 7.25. The number of anilines is 1. The molecule has 2 aliphatic carbocycles. The second kappa shape index (κ2) is 9.02. The molecule has 4 aliphatic rings. The number of hydrogen-bond donors (Lipinski definition) is 1. The van der Waals surface area contributed by atoms with Crippen LogP contribution in [-0.2, 0) is 13.1 Å². The van der Waals surface area contributed by atoms with Crippen LogP contribution in [0.25, 0.3) is 5.69 Å². The lowest BCUT2D eigenvalue weighted by atomic mass is 9.57. The zero-order valence-corrected chi connectivity index (χ0v) is 22.8. The highest BCUT2D eigenvalue weighted by atomic mass is 35.5. The number of ether oxygens (including phenoxy) is 1. The third-order valence-electron chi connectivity index (χ3n) is 9.28. The zero-order chi connectivity index (χ0) is 28.9. The van der Waals surface area contributed by atoms with E-state index in [2.05, 4.69) is 10.2 Å². The highest BCUT2D eigenvalue weighted by molar-refractivity contribution is 6.30. The highest BCUT2D eigenvalue weighted by Gasteiger charge is 2.62. The number of halogens is 6. The number of methoxy groups -OCH3 is 1. The molecule has 41 heavy (non-hydrogen) atoms. The fraction of sp³-hybridized carbons (Fsp3) is 0.500. The first-order valence-corrected chi connectivity index (χ1v) is 13.8. The third kappa shape index (κ3) is 4.20. The molecule has 1 aromatic heterocycles. The Hall–Kier alpha value is -2.96. The molecule has 7 nitrogen and oxygen atoms in total. The van der Waals surface area contributed by atoms with Gasteiger partial charge in [0, 0.05) is 67.0 Å². The van der Waals surface area contributed by atoms with Gasteiger partial charge in [-0.05, 0) is 36.6 Å².